The smallest absolute Gasteiger partial charge is 0.223 e. The van der Waals surface area contributed by atoms with Gasteiger partial charge in [0, 0.05) is 31.6 Å². The Morgan fingerprint density at radius 1 is 1.23 bits per heavy atom. The lowest BCUT2D eigenvalue weighted by molar-refractivity contribution is -0.132. The van der Waals surface area contributed by atoms with Crippen molar-refractivity contribution in [3.63, 3.8) is 0 Å². The maximum absolute atomic E-state index is 12.2. The molecule has 0 bridgehead atoms. The molecule has 2 N–H and O–H groups in total. The van der Waals surface area contributed by atoms with Gasteiger partial charge in [-0.15, -0.1) is 0 Å². The van der Waals surface area contributed by atoms with Crippen LogP contribution in [0, 0.1) is 11.3 Å². The first kappa shape index (κ1) is 17.7. The van der Waals surface area contributed by atoms with Crippen LogP contribution in [0.2, 0.25) is 0 Å². The monoisotopic (exact) mass is 310 g/mol. The number of hydrogen-bond acceptors (Lipinski definition) is 3. The van der Waals surface area contributed by atoms with Crippen molar-refractivity contribution in [2.75, 3.05) is 26.2 Å². The van der Waals surface area contributed by atoms with Gasteiger partial charge in [-0.25, -0.2) is 0 Å². The standard InChI is InChI=1S/C18H34N2O2/c1-15-11-17(2,3)13-18(12-15,14-21)19-8-7-16(22)20-9-5-4-6-10-20/h15,19,21H,4-14H2,1-3H3. The highest BCUT2D eigenvalue weighted by atomic mass is 16.3. The molecule has 0 aromatic rings. The van der Waals surface area contributed by atoms with E-state index in [0.29, 0.717) is 18.9 Å². The summed E-state index contributed by atoms with van der Waals surface area (Å²) in [6.45, 7) is 9.53. The van der Waals surface area contributed by atoms with Gasteiger partial charge in [0.15, 0.2) is 0 Å². The number of nitrogens with one attached hydrogen (secondary N) is 1. The summed E-state index contributed by atoms with van der Waals surface area (Å²) >= 11 is 0. The van der Waals surface area contributed by atoms with Crippen LogP contribution >= 0.6 is 0 Å². The Balaban J connectivity index is 1.84. The van der Waals surface area contributed by atoms with Crippen LogP contribution in [0.3, 0.4) is 0 Å². The molecule has 1 aliphatic carbocycles. The normalized spacial score (nSPS) is 32.0. The van der Waals surface area contributed by atoms with Gasteiger partial charge in [0.2, 0.25) is 5.91 Å². The van der Waals surface area contributed by atoms with Gasteiger partial charge in [-0.3, -0.25) is 4.79 Å². The summed E-state index contributed by atoms with van der Waals surface area (Å²) in [7, 11) is 0. The van der Waals surface area contributed by atoms with Crippen molar-refractivity contribution < 1.29 is 9.90 Å². The molecule has 0 radical (unpaired) electrons. The third-order valence-corrected chi connectivity index (χ3v) is 5.31. The second-order valence-electron chi connectivity index (χ2n) is 8.41. The van der Waals surface area contributed by atoms with Crippen molar-refractivity contribution in [1.82, 2.24) is 10.2 Å². The zero-order valence-corrected chi connectivity index (χ0v) is 14.7. The fourth-order valence-electron chi connectivity index (χ4n) is 4.79. The van der Waals surface area contributed by atoms with Crippen LogP contribution in [-0.4, -0.2) is 47.7 Å². The van der Waals surface area contributed by atoms with Crippen LogP contribution in [0.25, 0.3) is 0 Å². The Morgan fingerprint density at radius 3 is 2.50 bits per heavy atom. The molecule has 22 heavy (non-hydrogen) atoms. The number of carbonyl (C=O) groups excluding carboxylic acids is 1. The third-order valence-electron chi connectivity index (χ3n) is 5.31. The molecule has 2 unspecified atom stereocenters. The first-order valence-corrected chi connectivity index (χ1v) is 9.00. The molecule has 1 amide bonds. The van der Waals surface area contributed by atoms with E-state index < -0.39 is 0 Å². The molecule has 2 atom stereocenters. The second kappa shape index (κ2) is 7.31. The zero-order valence-electron chi connectivity index (χ0n) is 14.7. The van der Waals surface area contributed by atoms with Crippen molar-refractivity contribution in [3.8, 4) is 0 Å². The zero-order chi connectivity index (χ0) is 16.2. The Kier molecular flexibility index (Phi) is 5.89. The first-order chi connectivity index (χ1) is 10.4. The first-order valence-electron chi connectivity index (χ1n) is 9.00. The quantitative estimate of drug-likeness (QED) is 0.820. The lowest BCUT2D eigenvalue weighted by Gasteiger charge is -2.47. The van der Waals surface area contributed by atoms with Crippen molar-refractivity contribution in [2.45, 2.75) is 71.3 Å². The van der Waals surface area contributed by atoms with E-state index in [-0.39, 0.29) is 23.5 Å². The molecule has 1 saturated carbocycles. The van der Waals surface area contributed by atoms with Crippen LogP contribution < -0.4 is 5.32 Å². The molecule has 1 aliphatic heterocycles. The summed E-state index contributed by atoms with van der Waals surface area (Å²) in [5.74, 6) is 0.879. The molecule has 2 rings (SSSR count). The van der Waals surface area contributed by atoms with Crippen molar-refractivity contribution >= 4 is 5.91 Å². The van der Waals surface area contributed by atoms with Crippen LogP contribution in [0.15, 0.2) is 0 Å². The van der Waals surface area contributed by atoms with Gasteiger partial charge in [0.25, 0.3) is 0 Å². The highest BCUT2D eigenvalue weighted by Gasteiger charge is 2.42. The van der Waals surface area contributed by atoms with E-state index in [1.807, 2.05) is 4.90 Å². The third kappa shape index (κ3) is 4.69. The largest absolute Gasteiger partial charge is 0.394 e. The lowest BCUT2D eigenvalue weighted by Crippen LogP contribution is -2.55. The van der Waals surface area contributed by atoms with E-state index in [1.165, 1.54) is 12.8 Å². The van der Waals surface area contributed by atoms with E-state index in [1.54, 1.807) is 0 Å². The number of carbonyl (C=O) groups is 1. The number of likely N-dealkylation sites (tertiary alicyclic amines) is 1. The fourth-order valence-corrected chi connectivity index (χ4v) is 4.79. The van der Waals surface area contributed by atoms with E-state index in [4.69, 9.17) is 0 Å². The Morgan fingerprint density at radius 2 is 1.91 bits per heavy atom. The van der Waals surface area contributed by atoms with Crippen molar-refractivity contribution in [1.29, 1.82) is 0 Å². The fraction of sp³-hybridized carbons (Fsp3) is 0.944. The van der Waals surface area contributed by atoms with E-state index in [2.05, 4.69) is 26.1 Å². The van der Waals surface area contributed by atoms with E-state index >= 15 is 0 Å². The average molecular weight is 310 g/mol. The van der Waals surface area contributed by atoms with Crippen LogP contribution in [0.4, 0.5) is 0 Å². The van der Waals surface area contributed by atoms with Gasteiger partial charge < -0.3 is 15.3 Å². The van der Waals surface area contributed by atoms with Gasteiger partial charge in [-0.2, -0.15) is 0 Å². The molecular formula is C18H34N2O2. The minimum absolute atomic E-state index is 0.165. The molecule has 0 spiro atoms. The SMILES string of the molecule is CC1CC(C)(C)CC(CO)(NCCC(=O)N2CCCCC2)C1. The van der Waals surface area contributed by atoms with Crippen LogP contribution in [0.5, 0.6) is 0 Å². The predicted molar refractivity (Wildman–Crippen MR) is 89.7 cm³/mol. The van der Waals surface area contributed by atoms with Gasteiger partial charge in [0.1, 0.15) is 0 Å². The van der Waals surface area contributed by atoms with Gasteiger partial charge >= 0.3 is 0 Å². The number of piperidine rings is 1. The summed E-state index contributed by atoms with van der Waals surface area (Å²) in [5, 5.41) is 13.5. The molecule has 2 fully saturated rings. The Bertz CT molecular complexity index is 377. The van der Waals surface area contributed by atoms with E-state index in [0.717, 1.165) is 38.8 Å². The summed E-state index contributed by atoms with van der Waals surface area (Å²) in [6.07, 6.45) is 7.29. The Hall–Kier alpha value is -0.610. The number of nitrogens with zero attached hydrogens (tertiary/aromatic N) is 1. The second-order valence-corrected chi connectivity index (χ2v) is 8.41. The molecule has 4 nitrogen and oxygen atoms in total. The summed E-state index contributed by atoms with van der Waals surface area (Å²) in [4.78, 5) is 14.3. The lowest BCUT2D eigenvalue weighted by atomic mass is 9.64. The maximum Gasteiger partial charge on any atom is 0.223 e. The number of aliphatic hydroxyl groups is 1. The minimum atomic E-state index is -0.205. The molecular weight excluding hydrogens is 276 g/mol. The highest BCUT2D eigenvalue weighted by Crippen LogP contribution is 2.43. The summed E-state index contributed by atoms with van der Waals surface area (Å²) in [5.41, 5.74) is 0.0492. The van der Waals surface area contributed by atoms with Crippen LogP contribution in [0.1, 0.15) is 65.7 Å². The van der Waals surface area contributed by atoms with Gasteiger partial charge in [0.05, 0.1) is 6.61 Å². The molecule has 1 saturated heterocycles. The average Bonchev–Trinajstić information content (AvgIpc) is 2.46. The van der Waals surface area contributed by atoms with Crippen molar-refractivity contribution in [2.24, 2.45) is 11.3 Å². The Labute approximate surface area is 135 Å². The molecule has 1 heterocycles. The number of amides is 1. The van der Waals surface area contributed by atoms with Crippen LogP contribution in [-0.2, 0) is 4.79 Å². The number of rotatable bonds is 5. The number of aliphatic hydroxyl groups excluding tert-OH is 1. The van der Waals surface area contributed by atoms with Crippen molar-refractivity contribution in [3.05, 3.63) is 0 Å². The predicted octanol–water partition coefficient (Wildman–Crippen LogP) is 2.56. The molecule has 0 aromatic heterocycles. The van der Waals surface area contributed by atoms with Gasteiger partial charge in [-0.1, -0.05) is 20.8 Å². The molecule has 2 aliphatic rings. The number of hydrogen-bond donors (Lipinski definition) is 2. The minimum Gasteiger partial charge on any atom is -0.394 e. The molecule has 128 valence electrons. The topological polar surface area (TPSA) is 52.6 Å². The summed E-state index contributed by atoms with van der Waals surface area (Å²) in [6, 6.07) is 0. The molecule has 4 heteroatoms. The maximum atomic E-state index is 12.2. The summed E-state index contributed by atoms with van der Waals surface area (Å²) < 4.78 is 0. The molecule has 0 aromatic carbocycles. The van der Waals surface area contributed by atoms with Gasteiger partial charge in [-0.05, 0) is 49.9 Å². The highest BCUT2D eigenvalue weighted by molar-refractivity contribution is 5.76. The van der Waals surface area contributed by atoms with E-state index in [9.17, 15) is 9.90 Å².